The zero-order chi connectivity index (χ0) is 21.4. The van der Waals surface area contributed by atoms with Crippen LogP contribution in [0.1, 0.15) is 67.2 Å². The van der Waals surface area contributed by atoms with Gasteiger partial charge in [0.25, 0.3) is 0 Å². The Hall–Kier alpha value is -0.240. The number of nitrogens with zero attached hydrogens (tertiary/aromatic N) is 2. The highest BCUT2D eigenvalue weighted by Crippen LogP contribution is 2.18. The molecule has 0 bridgehead atoms. The molecule has 2 rings (SSSR count). The van der Waals surface area contributed by atoms with Gasteiger partial charge in [0.1, 0.15) is 0 Å². The van der Waals surface area contributed by atoms with Crippen molar-refractivity contribution in [2.75, 3.05) is 39.8 Å². The Kier molecular flexibility index (Phi) is 19.1. The molecule has 0 aromatic rings. The Morgan fingerprint density at radius 1 is 0.815 bits per heavy atom. The summed E-state index contributed by atoms with van der Waals surface area (Å²) >= 11 is 0. The summed E-state index contributed by atoms with van der Waals surface area (Å²) < 4.78 is 0. The lowest BCUT2D eigenvalue weighted by atomic mass is 9.99. The summed E-state index contributed by atoms with van der Waals surface area (Å²) in [5.41, 5.74) is 0. The normalized spacial score (nSPS) is 29.8. The molecule has 6 heteroatoms. The summed E-state index contributed by atoms with van der Waals surface area (Å²) in [6, 6.07) is 0.546. The summed E-state index contributed by atoms with van der Waals surface area (Å²) in [6.45, 7) is 16.0. The van der Waals surface area contributed by atoms with Crippen LogP contribution in [0, 0.1) is 5.92 Å². The van der Waals surface area contributed by atoms with Crippen LogP contribution >= 0.6 is 0 Å². The summed E-state index contributed by atoms with van der Waals surface area (Å²) in [5, 5.41) is 37.1. The molecule has 0 aromatic heterocycles. The number of aliphatic hydroxyl groups excluding tert-OH is 4. The predicted molar refractivity (Wildman–Crippen MR) is 114 cm³/mol. The fourth-order valence-electron chi connectivity index (χ4n) is 3.19. The van der Waals surface area contributed by atoms with E-state index < -0.39 is 12.2 Å². The van der Waals surface area contributed by atoms with Crippen molar-refractivity contribution in [1.82, 2.24) is 9.80 Å². The smallest absolute Gasteiger partial charge is 0.0925 e. The van der Waals surface area contributed by atoms with Crippen LogP contribution in [0.2, 0.25) is 0 Å². The third-order valence-electron chi connectivity index (χ3n) is 4.99. The minimum atomic E-state index is -0.549. The summed E-state index contributed by atoms with van der Waals surface area (Å²) in [6.07, 6.45) is 2.05. The first-order valence-corrected chi connectivity index (χ1v) is 10.9. The third kappa shape index (κ3) is 12.8. The standard InChI is InChI=1S/C10H21NO2.C7H15NO2.2C2H6/c1-8(2)11-5-3-9(7-12)10(13)4-6-11;1-8-4-2-3-6(9)7(10)5-8;2*1-2/h8-10,12-13H,3-7H2,1-2H3;6-7,9-10H,2-5H2,1H3;2*1-2H3. The molecular weight excluding hydrogens is 344 g/mol. The molecule has 2 fully saturated rings. The van der Waals surface area contributed by atoms with Crippen molar-refractivity contribution in [2.24, 2.45) is 5.92 Å². The summed E-state index contributed by atoms with van der Waals surface area (Å²) in [4.78, 5) is 4.40. The zero-order valence-electron chi connectivity index (χ0n) is 18.9. The van der Waals surface area contributed by atoms with Crippen molar-refractivity contribution in [3.8, 4) is 0 Å². The maximum atomic E-state index is 9.66. The van der Waals surface area contributed by atoms with E-state index in [0.717, 1.165) is 45.3 Å². The van der Waals surface area contributed by atoms with E-state index in [9.17, 15) is 15.3 Å². The number of hydrogen-bond donors (Lipinski definition) is 4. The van der Waals surface area contributed by atoms with Crippen LogP contribution < -0.4 is 0 Å². The quantitative estimate of drug-likeness (QED) is 0.575. The van der Waals surface area contributed by atoms with Gasteiger partial charge in [-0.1, -0.05) is 27.7 Å². The van der Waals surface area contributed by atoms with E-state index in [1.54, 1.807) is 0 Å². The van der Waals surface area contributed by atoms with Gasteiger partial charge in [0.05, 0.1) is 18.3 Å². The lowest BCUT2D eigenvalue weighted by Gasteiger charge is -2.24. The Balaban J connectivity index is 0. The number of likely N-dealkylation sites (tertiary alicyclic amines) is 2. The van der Waals surface area contributed by atoms with Crippen molar-refractivity contribution < 1.29 is 20.4 Å². The fourth-order valence-corrected chi connectivity index (χ4v) is 3.19. The molecule has 2 heterocycles. The van der Waals surface area contributed by atoms with Gasteiger partial charge in [-0.3, -0.25) is 0 Å². The van der Waals surface area contributed by atoms with Gasteiger partial charge < -0.3 is 30.2 Å². The molecule has 27 heavy (non-hydrogen) atoms. The van der Waals surface area contributed by atoms with Gasteiger partial charge in [-0.05, 0) is 59.7 Å². The minimum Gasteiger partial charge on any atom is -0.396 e. The lowest BCUT2D eigenvalue weighted by molar-refractivity contribution is 0.0116. The molecule has 2 saturated heterocycles. The number of hydrogen-bond acceptors (Lipinski definition) is 6. The van der Waals surface area contributed by atoms with Crippen molar-refractivity contribution in [1.29, 1.82) is 0 Å². The van der Waals surface area contributed by atoms with Gasteiger partial charge >= 0.3 is 0 Å². The number of rotatable bonds is 2. The van der Waals surface area contributed by atoms with Gasteiger partial charge in [-0.25, -0.2) is 0 Å². The van der Waals surface area contributed by atoms with E-state index in [1.165, 1.54) is 0 Å². The highest BCUT2D eigenvalue weighted by Gasteiger charge is 2.24. The molecule has 2 aliphatic heterocycles. The Morgan fingerprint density at radius 3 is 1.89 bits per heavy atom. The van der Waals surface area contributed by atoms with Gasteiger partial charge in [0.15, 0.2) is 0 Å². The van der Waals surface area contributed by atoms with Crippen molar-refractivity contribution in [3.05, 3.63) is 0 Å². The molecule has 0 radical (unpaired) electrons. The van der Waals surface area contributed by atoms with Crippen LogP contribution in [0.15, 0.2) is 0 Å². The Morgan fingerprint density at radius 2 is 1.37 bits per heavy atom. The van der Waals surface area contributed by atoms with Crippen LogP contribution in [-0.4, -0.2) is 94.4 Å². The highest BCUT2D eigenvalue weighted by molar-refractivity contribution is 4.77. The second kappa shape index (κ2) is 17.8. The maximum absolute atomic E-state index is 9.66. The lowest BCUT2D eigenvalue weighted by Crippen LogP contribution is -2.33. The second-order valence-corrected chi connectivity index (χ2v) is 7.26. The first-order valence-electron chi connectivity index (χ1n) is 10.9. The van der Waals surface area contributed by atoms with Crippen LogP contribution in [0.5, 0.6) is 0 Å². The molecule has 0 amide bonds. The van der Waals surface area contributed by atoms with Crippen LogP contribution in [0.4, 0.5) is 0 Å². The zero-order valence-corrected chi connectivity index (χ0v) is 18.9. The van der Waals surface area contributed by atoms with E-state index in [0.29, 0.717) is 12.6 Å². The molecule has 2 aliphatic rings. The Labute approximate surface area is 168 Å². The fraction of sp³-hybridized carbons (Fsp3) is 1.00. The molecule has 4 N–H and O–H groups in total. The topological polar surface area (TPSA) is 87.4 Å². The molecule has 4 unspecified atom stereocenters. The largest absolute Gasteiger partial charge is 0.396 e. The van der Waals surface area contributed by atoms with Gasteiger partial charge in [0, 0.05) is 31.7 Å². The molecule has 0 spiro atoms. The predicted octanol–water partition coefficient (Wildman–Crippen LogP) is 1.95. The number of β-amino-alcohol motifs (C(OH)–C–C–N with tert-alkyl or cyclic N) is 1. The molecule has 4 atom stereocenters. The molecule has 0 aromatic carbocycles. The van der Waals surface area contributed by atoms with Gasteiger partial charge in [-0.15, -0.1) is 0 Å². The minimum absolute atomic E-state index is 0.0868. The number of aliphatic hydroxyl groups is 4. The van der Waals surface area contributed by atoms with E-state index >= 15 is 0 Å². The molecule has 166 valence electrons. The first-order chi connectivity index (χ1) is 12.8. The first kappa shape index (κ1) is 29.0. The third-order valence-corrected chi connectivity index (χ3v) is 4.99. The van der Waals surface area contributed by atoms with E-state index in [2.05, 4.69) is 18.7 Å². The SMILES string of the molecule is CC.CC.CC(C)N1CCC(O)C(CO)CC1.CN1CCCC(O)C(O)C1. The van der Waals surface area contributed by atoms with Gasteiger partial charge in [-0.2, -0.15) is 0 Å². The van der Waals surface area contributed by atoms with E-state index in [4.69, 9.17) is 5.11 Å². The van der Waals surface area contributed by atoms with Crippen LogP contribution in [-0.2, 0) is 0 Å². The average Bonchev–Trinajstić information content (AvgIpc) is 2.94. The second-order valence-electron chi connectivity index (χ2n) is 7.26. The molecule has 0 aliphatic carbocycles. The Bertz CT molecular complexity index is 319. The molecule has 0 saturated carbocycles. The summed E-state index contributed by atoms with van der Waals surface area (Å²) in [7, 11) is 1.96. The van der Waals surface area contributed by atoms with Gasteiger partial charge in [0.2, 0.25) is 0 Å². The van der Waals surface area contributed by atoms with Crippen molar-refractivity contribution >= 4 is 0 Å². The van der Waals surface area contributed by atoms with Crippen LogP contribution in [0.3, 0.4) is 0 Å². The average molecular weight is 393 g/mol. The van der Waals surface area contributed by atoms with Crippen molar-refractivity contribution in [2.45, 2.75) is 91.6 Å². The maximum Gasteiger partial charge on any atom is 0.0925 e. The molecule has 6 nitrogen and oxygen atoms in total. The monoisotopic (exact) mass is 392 g/mol. The summed E-state index contributed by atoms with van der Waals surface area (Å²) in [5.74, 6) is 0.0868. The number of likely N-dealkylation sites (N-methyl/N-ethyl adjacent to an activating group) is 1. The molecular formula is C21H48N2O4. The highest BCUT2D eigenvalue weighted by atomic mass is 16.3. The van der Waals surface area contributed by atoms with E-state index in [-0.39, 0.29) is 18.6 Å². The van der Waals surface area contributed by atoms with E-state index in [1.807, 2.05) is 39.6 Å². The van der Waals surface area contributed by atoms with Crippen molar-refractivity contribution in [3.63, 3.8) is 0 Å². The van der Waals surface area contributed by atoms with Crippen LogP contribution in [0.25, 0.3) is 0 Å².